The summed E-state index contributed by atoms with van der Waals surface area (Å²) in [6, 6.07) is 6.93. The van der Waals surface area contributed by atoms with Crippen molar-refractivity contribution in [3.05, 3.63) is 45.8 Å². The minimum Gasteiger partial charge on any atom is -0.465 e. The molecular formula is C14H14N2O3S. The van der Waals surface area contributed by atoms with Crippen molar-refractivity contribution in [2.24, 2.45) is 0 Å². The molecule has 0 fully saturated rings. The molecule has 0 aliphatic rings. The number of methoxy groups -OCH3 is 1. The number of thiophene rings is 1. The zero-order valence-corrected chi connectivity index (χ0v) is 12.0. The standard InChI is InChI=1S/C14H14N2O3S/c1-9-3-4-11(20-9)8-13(17)16-12-7-10(5-6-15-12)14(18)19-2/h3-7H,8H2,1-2H3,(H,15,16,17). The first-order chi connectivity index (χ1) is 9.58. The highest BCUT2D eigenvalue weighted by molar-refractivity contribution is 7.12. The van der Waals surface area contributed by atoms with Crippen LogP contribution in [0.5, 0.6) is 0 Å². The molecule has 2 rings (SSSR count). The van der Waals surface area contributed by atoms with E-state index in [1.807, 2.05) is 19.1 Å². The van der Waals surface area contributed by atoms with E-state index in [1.54, 1.807) is 11.3 Å². The Bertz CT molecular complexity index is 637. The maximum Gasteiger partial charge on any atom is 0.338 e. The third-order valence-electron chi connectivity index (χ3n) is 2.58. The lowest BCUT2D eigenvalue weighted by Crippen LogP contribution is -2.15. The van der Waals surface area contributed by atoms with E-state index in [0.29, 0.717) is 17.8 Å². The molecule has 0 unspecified atom stereocenters. The summed E-state index contributed by atoms with van der Waals surface area (Å²) in [6.45, 7) is 1.99. The molecule has 0 saturated carbocycles. The number of nitrogens with zero attached hydrogens (tertiary/aromatic N) is 1. The van der Waals surface area contributed by atoms with Gasteiger partial charge in [0.15, 0.2) is 0 Å². The van der Waals surface area contributed by atoms with Gasteiger partial charge in [-0.3, -0.25) is 4.79 Å². The van der Waals surface area contributed by atoms with Gasteiger partial charge in [-0.25, -0.2) is 9.78 Å². The van der Waals surface area contributed by atoms with Crippen LogP contribution in [0.15, 0.2) is 30.5 Å². The van der Waals surface area contributed by atoms with Crippen molar-refractivity contribution in [1.29, 1.82) is 0 Å². The summed E-state index contributed by atoms with van der Waals surface area (Å²) < 4.78 is 4.62. The zero-order chi connectivity index (χ0) is 14.5. The maximum atomic E-state index is 11.9. The second kappa shape index (κ2) is 6.29. The fourth-order valence-electron chi connectivity index (χ4n) is 1.67. The SMILES string of the molecule is COC(=O)c1ccnc(NC(=O)Cc2ccc(C)s2)c1. The summed E-state index contributed by atoms with van der Waals surface area (Å²) in [7, 11) is 1.31. The number of esters is 1. The Morgan fingerprint density at radius 2 is 2.15 bits per heavy atom. The van der Waals surface area contributed by atoms with E-state index in [1.165, 1.54) is 30.3 Å². The van der Waals surface area contributed by atoms with Gasteiger partial charge in [0.25, 0.3) is 0 Å². The van der Waals surface area contributed by atoms with Crippen molar-refractivity contribution in [2.75, 3.05) is 12.4 Å². The molecule has 0 aromatic carbocycles. The number of ether oxygens (including phenoxy) is 1. The second-order valence-electron chi connectivity index (χ2n) is 4.16. The van der Waals surface area contributed by atoms with Gasteiger partial charge in [-0.05, 0) is 31.2 Å². The van der Waals surface area contributed by atoms with Crippen LogP contribution in [0.2, 0.25) is 0 Å². The number of nitrogens with one attached hydrogen (secondary N) is 1. The van der Waals surface area contributed by atoms with Gasteiger partial charge >= 0.3 is 5.97 Å². The molecule has 5 nitrogen and oxygen atoms in total. The van der Waals surface area contributed by atoms with Crippen LogP contribution in [-0.2, 0) is 16.0 Å². The largest absolute Gasteiger partial charge is 0.465 e. The summed E-state index contributed by atoms with van der Waals surface area (Å²) in [5, 5.41) is 2.67. The normalized spacial score (nSPS) is 10.1. The molecule has 0 bridgehead atoms. The van der Waals surface area contributed by atoms with Gasteiger partial charge in [0.05, 0.1) is 19.1 Å². The molecule has 2 heterocycles. The first kappa shape index (κ1) is 14.2. The molecule has 6 heteroatoms. The Morgan fingerprint density at radius 1 is 1.35 bits per heavy atom. The van der Waals surface area contributed by atoms with E-state index < -0.39 is 5.97 Å². The molecule has 1 amide bonds. The van der Waals surface area contributed by atoms with Crippen LogP contribution in [0.3, 0.4) is 0 Å². The maximum absolute atomic E-state index is 11.9. The average Bonchev–Trinajstić information content (AvgIpc) is 2.83. The Hall–Kier alpha value is -2.21. The van der Waals surface area contributed by atoms with E-state index in [9.17, 15) is 9.59 Å². The monoisotopic (exact) mass is 290 g/mol. The summed E-state index contributed by atoms with van der Waals surface area (Å²) in [5.41, 5.74) is 0.352. The molecule has 0 aliphatic heterocycles. The van der Waals surface area contributed by atoms with Crippen LogP contribution in [0.1, 0.15) is 20.1 Å². The average molecular weight is 290 g/mol. The van der Waals surface area contributed by atoms with Crippen molar-refractivity contribution in [3.8, 4) is 0 Å². The minimum absolute atomic E-state index is 0.165. The molecule has 20 heavy (non-hydrogen) atoms. The summed E-state index contributed by atoms with van der Waals surface area (Å²) in [4.78, 5) is 29.4. The zero-order valence-electron chi connectivity index (χ0n) is 11.2. The summed E-state index contributed by atoms with van der Waals surface area (Å²) >= 11 is 1.58. The van der Waals surface area contributed by atoms with Crippen molar-refractivity contribution < 1.29 is 14.3 Å². The Balaban J connectivity index is 2.02. The van der Waals surface area contributed by atoms with Crippen molar-refractivity contribution >= 4 is 29.0 Å². The summed E-state index contributed by atoms with van der Waals surface area (Å²) in [5.74, 6) is -0.288. The highest BCUT2D eigenvalue weighted by Crippen LogP contribution is 2.16. The Labute approximate surface area is 120 Å². The first-order valence-electron chi connectivity index (χ1n) is 5.98. The van der Waals surface area contributed by atoms with Gasteiger partial charge < -0.3 is 10.1 Å². The number of aryl methyl sites for hydroxylation is 1. The van der Waals surface area contributed by atoms with Crippen molar-refractivity contribution in [3.63, 3.8) is 0 Å². The molecule has 0 spiro atoms. The van der Waals surface area contributed by atoms with E-state index >= 15 is 0 Å². The topological polar surface area (TPSA) is 68.3 Å². The molecule has 104 valence electrons. The number of rotatable bonds is 4. The molecule has 1 N–H and O–H groups in total. The molecule has 0 saturated heterocycles. The molecule has 0 aliphatic carbocycles. The van der Waals surface area contributed by atoms with E-state index in [2.05, 4.69) is 15.0 Å². The third kappa shape index (κ3) is 3.64. The van der Waals surface area contributed by atoms with Gasteiger partial charge in [0, 0.05) is 16.0 Å². The van der Waals surface area contributed by atoms with Gasteiger partial charge in [0.2, 0.25) is 5.91 Å². The molecular weight excluding hydrogens is 276 g/mol. The fourth-order valence-corrected chi connectivity index (χ4v) is 2.56. The van der Waals surface area contributed by atoms with Crippen LogP contribution in [0, 0.1) is 6.92 Å². The minimum atomic E-state index is -0.461. The van der Waals surface area contributed by atoms with Gasteiger partial charge in [-0.15, -0.1) is 11.3 Å². The predicted molar refractivity (Wildman–Crippen MR) is 77.0 cm³/mol. The Kier molecular flexibility index (Phi) is 4.47. The van der Waals surface area contributed by atoms with Crippen LogP contribution in [-0.4, -0.2) is 24.0 Å². The van der Waals surface area contributed by atoms with E-state index in [4.69, 9.17) is 0 Å². The van der Waals surface area contributed by atoms with Crippen LogP contribution < -0.4 is 5.32 Å². The van der Waals surface area contributed by atoms with Crippen LogP contribution in [0.25, 0.3) is 0 Å². The highest BCUT2D eigenvalue weighted by Gasteiger charge is 2.10. The predicted octanol–water partition coefficient (Wildman–Crippen LogP) is 2.42. The number of carbonyl (C=O) groups excluding carboxylic acids is 2. The Morgan fingerprint density at radius 3 is 2.80 bits per heavy atom. The number of amides is 1. The van der Waals surface area contributed by atoms with Crippen LogP contribution in [0.4, 0.5) is 5.82 Å². The summed E-state index contributed by atoms with van der Waals surface area (Å²) in [6.07, 6.45) is 1.75. The lowest BCUT2D eigenvalue weighted by atomic mass is 10.2. The number of hydrogen-bond donors (Lipinski definition) is 1. The van der Waals surface area contributed by atoms with Crippen molar-refractivity contribution in [2.45, 2.75) is 13.3 Å². The second-order valence-corrected chi connectivity index (χ2v) is 5.53. The molecule has 0 atom stereocenters. The highest BCUT2D eigenvalue weighted by atomic mass is 32.1. The smallest absolute Gasteiger partial charge is 0.338 e. The fraction of sp³-hybridized carbons (Fsp3) is 0.214. The number of carbonyl (C=O) groups is 2. The first-order valence-corrected chi connectivity index (χ1v) is 6.79. The molecule has 0 radical (unpaired) electrons. The number of pyridine rings is 1. The molecule has 2 aromatic heterocycles. The number of anilines is 1. The number of hydrogen-bond acceptors (Lipinski definition) is 5. The van der Waals surface area contributed by atoms with Gasteiger partial charge in [-0.1, -0.05) is 0 Å². The van der Waals surface area contributed by atoms with Gasteiger partial charge in [0.1, 0.15) is 5.82 Å². The van der Waals surface area contributed by atoms with Crippen molar-refractivity contribution in [1.82, 2.24) is 4.98 Å². The van der Waals surface area contributed by atoms with E-state index in [0.717, 1.165) is 4.88 Å². The van der Waals surface area contributed by atoms with E-state index in [-0.39, 0.29) is 5.91 Å². The third-order valence-corrected chi connectivity index (χ3v) is 3.58. The quantitative estimate of drug-likeness (QED) is 0.878. The lowest BCUT2D eigenvalue weighted by molar-refractivity contribution is -0.115. The van der Waals surface area contributed by atoms with Crippen LogP contribution >= 0.6 is 11.3 Å². The van der Waals surface area contributed by atoms with Gasteiger partial charge in [-0.2, -0.15) is 0 Å². The lowest BCUT2D eigenvalue weighted by Gasteiger charge is -2.05. The number of aromatic nitrogens is 1. The molecule has 2 aromatic rings.